The summed E-state index contributed by atoms with van der Waals surface area (Å²) in [4.78, 5) is 11.8. The van der Waals surface area contributed by atoms with Crippen LogP contribution in [0.1, 0.15) is 19.8 Å². The minimum absolute atomic E-state index is 0.0494. The van der Waals surface area contributed by atoms with Crippen molar-refractivity contribution in [2.45, 2.75) is 38.9 Å². The summed E-state index contributed by atoms with van der Waals surface area (Å²) in [6, 6.07) is 1.21. The molecular formula is C12H20O2Si. The van der Waals surface area contributed by atoms with Crippen LogP contribution in [0.3, 0.4) is 0 Å². The zero-order chi connectivity index (χ0) is 11.1. The largest absolute Gasteiger partial charge is 0.469 e. The molecule has 2 aliphatic rings. The summed E-state index contributed by atoms with van der Waals surface area (Å²) in [5.41, 5.74) is 1.52. The SMILES string of the molecule is C[C@H]1CC=C2C[C@@H]1C(=O)OC[Si](C)(C)C2. The van der Waals surface area contributed by atoms with E-state index in [0.717, 1.165) is 12.8 Å². The molecule has 0 aromatic carbocycles. The van der Waals surface area contributed by atoms with Gasteiger partial charge in [-0.3, -0.25) is 4.79 Å². The van der Waals surface area contributed by atoms with E-state index in [-0.39, 0.29) is 11.9 Å². The molecule has 0 radical (unpaired) electrons. The molecule has 1 aliphatic carbocycles. The molecule has 3 heteroatoms. The van der Waals surface area contributed by atoms with Crippen molar-refractivity contribution in [2.24, 2.45) is 11.8 Å². The van der Waals surface area contributed by atoms with Crippen molar-refractivity contribution in [3.05, 3.63) is 11.6 Å². The molecule has 1 fully saturated rings. The monoisotopic (exact) mass is 224 g/mol. The molecule has 1 aliphatic heterocycles. The predicted octanol–water partition coefficient (Wildman–Crippen LogP) is 2.76. The number of hydrogen-bond acceptors (Lipinski definition) is 2. The molecule has 0 N–H and O–H groups in total. The van der Waals surface area contributed by atoms with Gasteiger partial charge in [0.2, 0.25) is 0 Å². The minimum Gasteiger partial charge on any atom is -0.469 e. The maximum atomic E-state index is 11.8. The molecule has 0 aromatic rings. The first-order chi connectivity index (χ1) is 6.98. The molecule has 1 saturated heterocycles. The number of allylic oxidation sites excluding steroid dienone is 2. The molecule has 2 nitrogen and oxygen atoms in total. The Balaban J connectivity index is 2.23. The zero-order valence-electron chi connectivity index (χ0n) is 9.88. The van der Waals surface area contributed by atoms with Crippen molar-refractivity contribution in [2.75, 3.05) is 6.23 Å². The highest BCUT2D eigenvalue weighted by molar-refractivity contribution is 6.78. The van der Waals surface area contributed by atoms with Crippen LogP contribution in [-0.2, 0) is 9.53 Å². The lowest BCUT2D eigenvalue weighted by molar-refractivity contribution is -0.148. The summed E-state index contributed by atoms with van der Waals surface area (Å²) in [7, 11) is -1.33. The Bertz CT molecular complexity index is 307. The maximum Gasteiger partial charge on any atom is 0.309 e. The molecule has 84 valence electrons. The van der Waals surface area contributed by atoms with E-state index >= 15 is 0 Å². The summed E-state index contributed by atoms with van der Waals surface area (Å²) >= 11 is 0. The Labute approximate surface area is 92.7 Å². The lowest BCUT2D eigenvalue weighted by Gasteiger charge is -2.34. The molecule has 2 atom stereocenters. The number of esters is 1. The highest BCUT2D eigenvalue weighted by Crippen LogP contribution is 2.36. The van der Waals surface area contributed by atoms with E-state index in [2.05, 4.69) is 26.1 Å². The molecule has 0 unspecified atom stereocenters. The lowest BCUT2D eigenvalue weighted by Crippen LogP contribution is -2.40. The third-order valence-electron chi connectivity index (χ3n) is 3.56. The first kappa shape index (κ1) is 10.9. The van der Waals surface area contributed by atoms with Crippen LogP contribution in [0, 0.1) is 11.8 Å². The van der Waals surface area contributed by atoms with Gasteiger partial charge in [0.15, 0.2) is 0 Å². The van der Waals surface area contributed by atoms with Gasteiger partial charge in [-0.05, 0) is 24.8 Å². The molecule has 15 heavy (non-hydrogen) atoms. The summed E-state index contributed by atoms with van der Waals surface area (Å²) in [5.74, 6) is 0.646. The summed E-state index contributed by atoms with van der Waals surface area (Å²) in [6.45, 7) is 6.77. The van der Waals surface area contributed by atoms with Gasteiger partial charge in [-0.2, -0.15) is 0 Å². The molecule has 0 spiro atoms. The number of carbonyl (C=O) groups is 1. The van der Waals surface area contributed by atoms with Gasteiger partial charge in [-0.25, -0.2) is 0 Å². The number of carbonyl (C=O) groups excluding carboxylic acids is 1. The van der Waals surface area contributed by atoms with Crippen molar-refractivity contribution < 1.29 is 9.53 Å². The molecule has 2 bridgehead atoms. The van der Waals surface area contributed by atoms with E-state index in [1.165, 1.54) is 11.6 Å². The zero-order valence-corrected chi connectivity index (χ0v) is 10.9. The van der Waals surface area contributed by atoms with Crippen LogP contribution in [0.15, 0.2) is 11.6 Å². The number of cyclic esters (lactones) is 1. The first-order valence-electron chi connectivity index (χ1n) is 5.82. The van der Waals surface area contributed by atoms with Gasteiger partial charge in [-0.15, -0.1) is 0 Å². The Morgan fingerprint density at radius 3 is 2.93 bits per heavy atom. The average Bonchev–Trinajstić information content (AvgIpc) is 2.16. The van der Waals surface area contributed by atoms with E-state index in [1.807, 2.05) is 0 Å². The van der Waals surface area contributed by atoms with Crippen LogP contribution in [0.4, 0.5) is 0 Å². The van der Waals surface area contributed by atoms with Crippen molar-refractivity contribution in [1.29, 1.82) is 0 Å². The second-order valence-corrected chi connectivity index (χ2v) is 10.8. The van der Waals surface area contributed by atoms with E-state index in [9.17, 15) is 4.79 Å². The first-order valence-corrected chi connectivity index (χ1v) is 9.24. The number of fused-ring (bicyclic) bond motifs is 2. The van der Waals surface area contributed by atoms with Crippen LogP contribution in [0.2, 0.25) is 19.1 Å². The highest BCUT2D eigenvalue weighted by atomic mass is 28.3. The number of hydrogen-bond donors (Lipinski definition) is 0. The highest BCUT2D eigenvalue weighted by Gasteiger charge is 2.36. The van der Waals surface area contributed by atoms with Crippen molar-refractivity contribution >= 4 is 14.0 Å². The Hall–Kier alpha value is -0.573. The van der Waals surface area contributed by atoms with Crippen LogP contribution in [0.25, 0.3) is 0 Å². The van der Waals surface area contributed by atoms with Crippen LogP contribution >= 0.6 is 0 Å². The standard InChI is InChI=1S/C12H20O2Si/c1-9-4-5-10-6-11(9)12(13)14-8-15(2,3)7-10/h5,9,11H,4,6-8H2,1-3H3/t9-,11-/m0/s1. The molecule has 0 amide bonds. The van der Waals surface area contributed by atoms with Crippen molar-refractivity contribution in [3.8, 4) is 0 Å². The van der Waals surface area contributed by atoms with Gasteiger partial charge in [0.05, 0.1) is 20.2 Å². The van der Waals surface area contributed by atoms with Crippen molar-refractivity contribution in [1.82, 2.24) is 0 Å². The smallest absolute Gasteiger partial charge is 0.309 e. The predicted molar refractivity (Wildman–Crippen MR) is 63.2 cm³/mol. The van der Waals surface area contributed by atoms with E-state index in [4.69, 9.17) is 4.74 Å². The quantitative estimate of drug-likeness (QED) is 0.359. The molecule has 1 heterocycles. The van der Waals surface area contributed by atoms with E-state index < -0.39 is 8.07 Å². The second-order valence-electron chi connectivity index (χ2n) is 5.83. The lowest BCUT2D eigenvalue weighted by atomic mass is 9.81. The average molecular weight is 224 g/mol. The Morgan fingerprint density at radius 1 is 1.47 bits per heavy atom. The van der Waals surface area contributed by atoms with E-state index in [1.54, 1.807) is 0 Å². The summed E-state index contributed by atoms with van der Waals surface area (Å²) in [5, 5.41) is 0. The molecule has 0 saturated carbocycles. The number of rotatable bonds is 0. The number of ether oxygens (including phenoxy) is 1. The fourth-order valence-electron chi connectivity index (χ4n) is 2.58. The van der Waals surface area contributed by atoms with Crippen LogP contribution < -0.4 is 0 Å². The van der Waals surface area contributed by atoms with Gasteiger partial charge in [-0.1, -0.05) is 31.7 Å². The Kier molecular flexibility index (Phi) is 2.75. The normalized spacial score (nSPS) is 34.9. The van der Waals surface area contributed by atoms with Crippen molar-refractivity contribution in [3.63, 3.8) is 0 Å². The third-order valence-corrected chi connectivity index (χ3v) is 5.90. The van der Waals surface area contributed by atoms with Crippen LogP contribution in [-0.4, -0.2) is 20.3 Å². The fourth-order valence-corrected chi connectivity index (χ4v) is 4.74. The molecule has 2 rings (SSSR count). The minimum atomic E-state index is -1.33. The van der Waals surface area contributed by atoms with E-state index in [0.29, 0.717) is 12.1 Å². The maximum absolute atomic E-state index is 11.8. The summed E-state index contributed by atoms with van der Waals surface area (Å²) in [6.07, 6.45) is 5.08. The van der Waals surface area contributed by atoms with Gasteiger partial charge in [0, 0.05) is 0 Å². The van der Waals surface area contributed by atoms with Crippen LogP contribution in [0.5, 0.6) is 0 Å². The third kappa shape index (κ3) is 2.33. The molecule has 0 aromatic heterocycles. The van der Waals surface area contributed by atoms with Gasteiger partial charge >= 0.3 is 5.97 Å². The van der Waals surface area contributed by atoms with Gasteiger partial charge < -0.3 is 4.74 Å². The molecular weight excluding hydrogens is 204 g/mol. The second kappa shape index (κ2) is 3.78. The topological polar surface area (TPSA) is 26.3 Å². The fraction of sp³-hybridized carbons (Fsp3) is 0.750. The van der Waals surface area contributed by atoms with Gasteiger partial charge in [0.25, 0.3) is 0 Å². The van der Waals surface area contributed by atoms with Gasteiger partial charge in [0.1, 0.15) is 0 Å². The summed E-state index contributed by atoms with van der Waals surface area (Å²) < 4.78 is 5.45. The Morgan fingerprint density at radius 2 is 2.20 bits per heavy atom.